The topological polar surface area (TPSA) is 67.2 Å². The Bertz CT molecular complexity index is 760. The third kappa shape index (κ3) is 3.80. The highest BCUT2D eigenvalue weighted by molar-refractivity contribution is 9.10. The number of nitrogens with zero attached hydrogens (tertiary/aromatic N) is 1. The van der Waals surface area contributed by atoms with Crippen molar-refractivity contribution >= 4 is 27.7 Å². The van der Waals surface area contributed by atoms with Crippen molar-refractivity contribution in [3.05, 3.63) is 69.2 Å². The lowest BCUT2D eigenvalue weighted by Crippen LogP contribution is -2.04. The van der Waals surface area contributed by atoms with Gasteiger partial charge in [0.05, 0.1) is 11.6 Å². The molecule has 2 aromatic rings. The number of nitriles is 1. The van der Waals surface area contributed by atoms with E-state index in [2.05, 4.69) is 15.9 Å². The number of ether oxygens (including phenoxy) is 1. The van der Waals surface area contributed by atoms with Gasteiger partial charge in [-0.3, -0.25) is 9.59 Å². The summed E-state index contributed by atoms with van der Waals surface area (Å²) in [5, 5.41) is 8.77. The van der Waals surface area contributed by atoms with Crippen LogP contribution in [0.15, 0.2) is 46.9 Å². The fourth-order valence-electron chi connectivity index (χ4n) is 1.87. The zero-order valence-electron chi connectivity index (χ0n) is 11.8. The zero-order chi connectivity index (χ0) is 16.1. The summed E-state index contributed by atoms with van der Waals surface area (Å²) in [5.74, 6) is -0.531. The molecular weight excluding hydrogens is 346 g/mol. The van der Waals surface area contributed by atoms with Gasteiger partial charge in [0.25, 0.3) is 0 Å². The van der Waals surface area contributed by atoms with E-state index in [-0.39, 0.29) is 18.4 Å². The number of hydrogen-bond acceptors (Lipinski definition) is 4. The smallest absolute Gasteiger partial charge is 0.302 e. The average Bonchev–Trinajstić information content (AvgIpc) is 2.53. The number of esters is 1. The van der Waals surface area contributed by atoms with Crippen LogP contribution >= 0.6 is 15.9 Å². The number of rotatable bonds is 4. The largest absolute Gasteiger partial charge is 0.461 e. The molecule has 0 amide bonds. The Labute approximate surface area is 136 Å². The van der Waals surface area contributed by atoms with Crippen LogP contribution in [0.3, 0.4) is 0 Å². The molecule has 0 fully saturated rings. The molecule has 0 atom stereocenters. The first-order valence-electron chi connectivity index (χ1n) is 6.48. The third-order valence-electron chi connectivity index (χ3n) is 3.02. The van der Waals surface area contributed by atoms with Crippen molar-refractivity contribution < 1.29 is 14.3 Å². The van der Waals surface area contributed by atoms with Gasteiger partial charge < -0.3 is 4.74 Å². The van der Waals surface area contributed by atoms with Crippen LogP contribution in [0.2, 0.25) is 0 Å². The third-order valence-corrected chi connectivity index (χ3v) is 3.79. The summed E-state index contributed by atoms with van der Waals surface area (Å²) in [6.45, 7) is 1.43. The Balaban J connectivity index is 2.27. The Hall–Kier alpha value is -2.45. The fraction of sp³-hybridized carbons (Fsp3) is 0.118. The molecule has 110 valence electrons. The lowest BCUT2D eigenvalue weighted by molar-refractivity contribution is -0.142. The molecule has 0 spiro atoms. The van der Waals surface area contributed by atoms with Crippen LogP contribution in [-0.2, 0) is 16.1 Å². The maximum absolute atomic E-state index is 12.4. The number of carbonyl (C=O) groups excluding carboxylic acids is 2. The van der Waals surface area contributed by atoms with Crippen LogP contribution in [0.25, 0.3) is 0 Å². The second-order valence-corrected chi connectivity index (χ2v) is 5.46. The number of halogens is 1. The van der Waals surface area contributed by atoms with Crippen molar-refractivity contribution in [3.8, 4) is 6.07 Å². The summed E-state index contributed by atoms with van der Waals surface area (Å²) in [4.78, 5) is 23.3. The highest BCUT2D eigenvalue weighted by Crippen LogP contribution is 2.21. The van der Waals surface area contributed by atoms with Crippen LogP contribution in [-0.4, -0.2) is 11.8 Å². The maximum Gasteiger partial charge on any atom is 0.302 e. The van der Waals surface area contributed by atoms with E-state index in [9.17, 15) is 9.59 Å². The van der Waals surface area contributed by atoms with Crippen LogP contribution in [0.1, 0.15) is 34.0 Å². The van der Waals surface area contributed by atoms with Gasteiger partial charge in [0.2, 0.25) is 0 Å². The molecule has 0 saturated carbocycles. The van der Waals surface area contributed by atoms with Gasteiger partial charge >= 0.3 is 5.97 Å². The molecule has 0 bridgehead atoms. The van der Waals surface area contributed by atoms with Crippen LogP contribution in [0.5, 0.6) is 0 Å². The van der Waals surface area contributed by atoms with Gasteiger partial charge in [-0.05, 0) is 42.5 Å². The van der Waals surface area contributed by atoms with E-state index < -0.39 is 0 Å². The number of hydrogen-bond donors (Lipinski definition) is 0. The molecule has 5 heteroatoms. The molecule has 2 aromatic carbocycles. The summed E-state index contributed by atoms with van der Waals surface area (Å²) in [7, 11) is 0. The SMILES string of the molecule is CC(=O)OCc1cc(C(=O)c2ccc(C#N)cc2)ccc1Br. The van der Waals surface area contributed by atoms with Crippen LogP contribution in [0.4, 0.5) is 0 Å². The van der Waals surface area contributed by atoms with Gasteiger partial charge in [-0.15, -0.1) is 0 Å². The summed E-state index contributed by atoms with van der Waals surface area (Å²) in [5.41, 5.74) is 2.22. The summed E-state index contributed by atoms with van der Waals surface area (Å²) in [6.07, 6.45) is 0. The minimum Gasteiger partial charge on any atom is -0.461 e. The first kappa shape index (κ1) is 15.9. The molecule has 0 heterocycles. The van der Waals surface area contributed by atoms with Gasteiger partial charge in [0, 0.05) is 28.1 Å². The first-order valence-corrected chi connectivity index (χ1v) is 7.27. The van der Waals surface area contributed by atoms with Crippen molar-refractivity contribution in [1.29, 1.82) is 5.26 Å². The molecule has 0 aromatic heterocycles. The molecule has 0 aliphatic carbocycles. The van der Waals surface area contributed by atoms with Crippen molar-refractivity contribution in [2.45, 2.75) is 13.5 Å². The summed E-state index contributed by atoms with van der Waals surface area (Å²) >= 11 is 3.37. The normalized spacial score (nSPS) is 9.86. The van der Waals surface area contributed by atoms with Crippen molar-refractivity contribution in [1.82, 2.24) is 0 Å². The predicted octanol–water partition coefficient (Wildman–Crippen LogP) is 3.61. The lowest BCUT2D eigenvalue weighted by Gasteiger charge is -2.08. The monoisotopic (exact) mass is 357 g/mol. The molecule has 4 nitrogen and oxygen atoms in total. The van der Waals surface area contributed by atoms with Crippen LogP contribution < -0.4 is 0 Å². The highest BCUT2D eigenvalue weighted by atomic mass is 79.9. The lowest BCUT2D eigenvalue weighted by atomic mass is 10.0. The quantitative estimate of drug-likeness (QED) is 0.619. The van der Waals surface area contributed by atoms with E-state index in [1.807, 2.05) is 6.07 Å². The Morgan fingerprint density at radius 1 is 1.14 bits per heavy atom. The molecule has 0 aliphatic rings. The van der Waals surface area contributed by atoms with Gasteiger partial charge in [-0.2, -0.15) is 5.26 Å². The van der Waals surface area contributed by atoms with E-state index in [0.717, 1.165) is 10.0 Å². The summed E-state index contributed by atoms with van der Waals surface area (Å²) < 4.78 is 5.73. The second kappa shape index (κ2) is 7.01. The number of carbonyl (C=O) groups is 2. The van der Waals surface area contributed by atoms with Crippen molar-refractivity contribution in [2.75, 3.05) is 0 Å². The zero-order valence-corrected chi connectivity index (χ0v) is 13.4. The Morgan fingerprint density at radius 3 is 2.36 bits per heavy atom. The molecule has 0 N–H and O–H groups in total. The van der Waals surface area contributed by atoms with Gasteiger partial charge in [-0.25, -0.2) is 0 Å². The maximum atomic E-state index is 12.4. The standard InChI is InChI=1S/C17H12BrNO3/c1-11(20)22-10-15-8-14(6-7-16(15)18)17(21)13-4-2-12(9-19)3-5-13/h2-8H,10H2,1H3. The highest BCUT2D eigenvalue weighted by Gasteiger charge is 2.12. The Kier molecular flexibility index (Phi) is 5.08. The van der Waals surface area contributed by atoms with Crippen molar-refractivity contribution in [3.63, 3.8) is 0 Å². The number of ketones is 1. The van der Waals surface area contributed by atoms with E-state index in [0.29, 0.717) is 16.7 Å². The van der Waals surface area contributed by atoms with Gasteiger partial charge in [0.1, 0.15) is 6.61 Å². The van der Waals surface area contributed by atoms with Gasteiger partial charge in [0.15, 0.2) is 5.78 Å². The van der Waals surface area contributed by atoms with E-state index in [1.165, 1.54) is 6.92 Å². The molecule has 0 aliphatic heterocycles. The number of benzene rings is 2. The van der Waals surface area contributed by atoms with E-state index in [4.69, 9.17) is 10.00 Å². The fourth-order valence-corrected chi connectivity index (χ4v) is 2.23. The minimum atomic E-state index is -0.379. The molecule has 0 unspecified atom stereocenters. The molecular formula is C17H12BrNO3. The first-order chi connectivity index (χ1) is 10.5. The second-order valence-electron chi connectivity index (χ2n) is 4.60. The minimum absolute atomic E-state index is 0.102. The summed E-state index contributed by atoms with van der Waals surface area (Å²) in [6, 6.07) is 13.6. The predicted molar refractivity (Wildman–Crippen MR) is 84.2 cm³/mol. The molecule has 0 saturated heterocycles. The molecule has 2 rings (SSSR count). The van der Waals surface area contributed by atoms with E-state index in [1.54, 1.807) is 42.5 Å². The molecule has 22 heavy (non-hydrogen) atoms. The average molecular weight is 358 g/mol. The van der Waals surface area contributed by atoms with Crippen LogP contribution in [0, 0.1) is 11.3 Å². The van der Waals surface area contributed by atoms with E-state index >= 15 is 0 Å². The van der Waals surface area contributed by atoms with Gasteiger partial charge in [-0.1, -0.05) is 15.9 Å². The van der Waals surface area contributed by atoms with Crippen molar-refractivity contribution in [2.24, 2.45) is 0 Å². The molecule has 0 radical (unpaired) electrons. The Morgan fingerprint density at radius 2 is 1.77 bits per heavy atom.